The second-order valence-corrected chi connectivity index (χ2v) is 24.2. The van der Waals surface area contributed by atoms with Crippen LogP contribution < -0.4 is 0 Å². The Balaban J connectivity index is 0.735. The standard InChI is InChI=1S/C54H76O17/c1-27(26-60-46(58)12-11-45(56)57)16-30-19-39(55)54(8)43(61-30)21-35-36(68-54)20-34-31(62-35)10-9-14-50(4)44(65-34)25-53(7)42(69-50)23-41-51(5,71-53)15-13-32-48(67-41)28(2)17-33-38(63-32)24-52(6)40(64-33)22-37-49(70-52)29(3)18-47(59)66-37/h9-10,18,28,30-44,48-49,55H,1,11-17,19-26H2,2-8H3,(H,56,57)/b10-9-/t28-,30?,31?,32?,33?,34?,35?,36?,37?,38?,39?,40?,41?,42?,43?,44?,48?,49?,50-,51-,52+,53+,54+/m1/s1. The van der Waals surface area contributed by atoms with E-state index in [9.17, 15) is 19.5 Å². The molecule has 17 heteroatoms. The average molecular weight is 997 g/mol. The number of hydrogen-bond donors (Lipinski definition) is 2. The summed E-state index contributed by atoms with van der Waals surface area (Å²) in [4.78, 5) is 35.1. The van der Waals surface area contributed by atoms with Crippen molar-refractivity contribution in [2.75, 3.05) is 6.61 Å². The van der Waals surface area contributed by atoms with E-state index in [-0.39, 0.29) is 123 Å². The lowest BCUT2D eigenvalue weighted by atomic mass is 9.72. The molecule has 394 valence electrons. The minimum Gasteiger partial charge on any atom is -0.481 e. The second kappa shape index (κ2) is 18.5. The lowest BCUT2D eigenvalue weighted by molar-refractivity contribution is -0.356. The molecule has 9 saturated heterocycles. The van der Waals surface area contributed by atoms with Gasteiger partial charge in [-0.2, -0.15) is 0 Å². The molecular formula is C54H76O17. The van der Waals surface area contributed by atoms with Crippen LogP contribution in [0, 0.1) is 5.92 Å². The molecule has 0 aliphatic carbocycles. The Morgan fingerprint density at radius 1 is 0.732 bits per heavy atom. The van der Waals surface area contributed by atoms with Crippen LogP contribution in [-0.4, -0.2) is 167 Å². The van der Waals surface area contributed by atoms with Gasteiger partial charge in [-0.25, -0.2) is 4.79 Å². The van der Waals surface area contributed by atoms with E-state index in [2.05, 4.69) is 53.3 Å². The number of carboxylic acids is 1. The van der Waals surface area contributed by atoms with E-state index in [4.69, 9.17) is 61.9 Å². The Morgan fingerprint density at radius 3 is 2.30 bits per heavy atom. The van der Waals surface area contributed by atoms with Crippen LogP contribution in [0.25, 0.3) is 0 Å². The Kier molecular flexibility index (Phi) is 13.1. The van der Waals surface area contributed by atoms with Crippen LogP contribution in [-0.2, 0) is 71.2 Å². The lowest BCUT2D eigenvalue weighted by Gasteiger charge is -2.60. The minimum atomic E-state index is -1.06. The maximum absolute atomic E-state index is 12.3. The molecule has 11 rings (SSSR count). The highest BCUT2D eigenvalue weighted by Gasteiger charge is 2.64. The highest BCUT2D eigenvalue weighted by molar-refractivity contribution is 5.84. The molecule has 11 aliphatic heterocycles. The summed E-state index contributed by atoms with van der Waals surface area (Å²) in [6.07, 6.45) is 7.37. The van der Waals surface area contributed by atoms with E-state index in [0.29, 0.717) is 63.4 Å². The molecule has 0 amide bonds. The van der Waals surface area contributed by atoms with E-state index in [0.717, 1.165) is 24.8 Å². The van der Waals surface area contributed by atoms with E-state index < -0.39 is 52.2 Å². The van der Waals surface area contributed by atoms with Crippen molar-refractivity contribution in [3.63, 3.8) is 0 Å². The molecule has 0 bridgehead atoms. The number of ether oxygens (including phenoxy) is 12. The van der Waals surface area contributed by atoms with Crippen LogP contribution in [0.15, 0.2) is 36.0 Å². The predicted octanol–water partition coefficient (Wildman–Crippen LogP) is 5.68. The Labute approximate surface area is 416 Å². The van der Waals surface area contributed by atoms with Crippen LogP contribution in [0.4, 0.5) is 0 Å². The number of aliphatic hydroxyl groups excluding tert-OH is 1. The molecule has 0 spiro atoms. The van der Waals surface area contributed by atoms with Crippen molar-refractivity contribution in [3.05, 3.63) is 36.0 Å². The van der Waals surface area contributed by atoms with Gasteiger partial charge in [-0.15, -0.1) is 0 Å². The fourth-order valence-electron chi connectivity index (χ4n) is 14.5. The van der Waals surface area contributed by atoms with E-state index in [1.54, 1.807) is 0 Å². The average Bonchev–Trinajstić information content (AvgIpc) is 3.50. The number of carbonyl (C=O) groups excluding carboxylic acids is 2. The third-order valence-corrected chi connectivity index (χ3v) is 18.6. The van der Waals surface area contributed by atoms with Crippen molar-refractivity contribution in [2.24, 2.45) is 5.92 Å². The summed E-state index contributed by atoms with van der Waals surface area (Å²) in [5.41, 5.74) is -1.98. The number of fused-ring (bicyclic) bond motifs is 10. The molecule has 17 nitrogen and oxygen atoms in total. The summed E-state index contributed by atoms with van der Waals surface area (Å²) in [5, 5.41) is 20.5. The number of carboxylic acid groups (broad SMARTS) is 1. The van der Waals surface area contributed by atoms with Crippen LogP contribution in [0.1, 0.15) is 138 Å². The number of carbonyl (C=O) groups is 3. The predicted molar refractivity (Wildman–Crippen MR) is 250 cm³/mol. The van der Waals surface area contributed by atoms with Crippen LogP contribution in [0.3, 0.4) is 0 Å². The smallest absolute Gasteiger partial charge is 0.331 e. The van der Waals surface area contributed by atoms with Gasteiger partial charge in [-0.1, -0.05) is 25.7 Å². The molecule has 0 saturated carbocycles. The molecule has 0 aromatic carbocycles. The molecule has 2 N–H and O–H groups in total. The first-order valence-electron chi connectivity index (χ1n) is 26.5. The Hall–Kier alpha value is -2.81. The van der Waals surface area contributed by atoms with Gasteiger partial charge in [0, 0.05) is 51.0 Å². The summed E-state index contributed by atoms with van der Waals surface area (Å²) in [6, 6.07) is 0. The molecule has 9 fully saturated rings. The van der Waals surface area contributed by atoms with Gasteiger partial charge in [-0.05, 0) is 90.7 Å². The van der Waals surface area contributed by atoms with E-state index in [1.807, 2.05) is 13.8 Å². The van der Waals surface area contributed by atoms with Gasteiger partial charge in [-0.3, -0.25) is 9.59 Å². The molecule has 11 aliphatic rings. The van der Waals surface area contributed by atoms with Gasteiger partial charge in [0.2, 0.25) is 0 Å². The summed E-state index contributed by atoms with van der Waals surface area (Å²) in [5.74, 6) is -1.83. The maximum atomic E-state index is 12.3. The first-order chi connectivity index (χ1) is 33.6. The number of esters is 2. The number of rotatable bonds is 7. The van der Waals surface area contributed by atoms with Gasteiger partial charge in [0.25, 0.3) is 0 Å². The molecule has 0 radical (unpaired) electrons. The maximum Gasteiger partial charge on any atom is 0.331 e. The number of aliphatic hydroxyl groups is 1. The van der Waals surface area contributed by atoms with Crippen LogP contribution in [0.5, 0.6) is 0 Å². The van der Waals surface area contributed by atoms with Crippen LogP contribution in [0.2, 0.25) is 0 Å². The third kappa shape index (κ3) is 9.30. The first-order valence-corrected chi connectivity index (χ1v) is 26.5. The Morgan fingerprint density at radius 2 is 1.49 bits per heavy atom. The molecule has 71 heavy (non-hydrogen) atoms. The van der Waals surface area contributed by atoms with Crippen molar-refractivity contribution in [3.8, 4) is 0 Å². The SMILES string of the molecule is C=C(COC(=O)CCC(=O)O)CC1CC(O)[C@]2(C)OC3CC4OC5C[C@]6(C)O[C@]7(C)CCC8OC9C[C@]%10(C)OC%11C(C)=CC(=O)OC%11CC%10OC9C[C@@H](C)C8OC7CC6O[C@]5(C)C/C=C\C4OC3CC2O1. The molecule has 0 aromatic rings. The topological polar surface area (TPSA) is 202 Å². The minimum absolute atomic E-state index is 0.0468. The first kappa shape index (κ1) is 50.4. The summed E-state index contributed by atoms with van der Waals surface area (Å²) < 4.78 is 81.1. The van der Waals surface area contributed by atoms with Gasteiger partial charge < -0.3 is 67.1 Å². The third-order valence-electron chi connectivity index (χ3n) is 18.6. The highest BCUT2D eigenvalue weighted by Crippen LogP contribution is 2.55. The van der Waals surface area contributed by atoms with Crippen molar-refractivity contribution < 1.29 is 81.4 Å². The Bertz CT molecular complexity index is 2160. The normalized spacial score (nSPS) is 52.4. The van der Waals surface area contributed by atoms with Crippen molar-refractivity contribution >= 4 is 17.9 Å². The lowest BCUT2D eigenvalue weighted by Crippen LogP contribution is -2.70. The zero-order chi connectivity index (χ0) is 50.0. The van der Waals surface area contributed by atoms with Crippen LogP contribution >= 0.6 is 0 Å². The van der Waals surface area contributed by atoms with Gasteiger partial charge >= 0.3 is 17.9 Å². The quantitative estimate of drug-likeness (QED) is 0.233. The zero-order valence-electron chi connectivity index (χ0n) is 42.5. The molecule has 17 unspecified atom stereocenters. The summed E-state index contributed by atoms with van der Waals surface area (Å²) >= 11 is 0. The van der Waals surface area contributed by atoms with Crippen molar-refractivity contribution in [1.82, 2.24) is 0 Å². The van der Waals surface area contributed by atoms with Gasteiger partial charge in [0.1, 0.15) is 30.5 Å². The van der Waals surface area contributed by atoms with Gasteiger partial charge in [0.15, 0.2) is 0 Å². The summed E-state index contributed by atoms with van der Waals surface area (Å²) in [7, 11) is 0. The highest BCUT2D eigenvalue weighted by atomic mass is 16.7. The van der Waals surface area contributed by atoms with Crippen molar-refractivity contribution in [1.29, 1.82) is 0 Å². The largest absolute Gasteiger partial charge is 0.481 e. The second-order valence-electron chi connectivity index (χ2n) is 24.2. The fourth-order valence-corrected chi connectivity index (χ4v) is 14.5. The number of hydrogen-bond acceptors (Lipinski definition) is 16. The molecular weight excluding hydrogens is 921 g/mol. The van der Waals surface area contributed by atoms with E-state index in [1.165, 1.54) is 6.08 Å². The summed E-state index contributed by atoms with van der Waals surface area (Å²) in [6.45, 7) is 18.8. The monoisotopic (exact) mass is 997 g/mol. The molecule has 11 heterocycles. The molecule has 23 atom stereocenters. The van der Waals surface area contributed by atoms with Gasteiger partial charge in [0.05, 0.1) is 121 Å². The van der Waals surface area contributed by atoms with Crippen molar-refractivity contribution in [2.45, 2.75) is 270 Å². The number of aliphatic carboxylic acids is 1. The van der Waals surface area contributed by atoms with E-state index >= 15 is 0 Å². The fraction of sp³-hybridized carbons (Fsp3) is 0.833. The molecule has 0 aromatic heterocycles. The zero-order valence-corrected chi connectivity index (χ0v) is 42.5.